The van der Waals surface area contributed by atoms with Crippen LogP contribution in [0.5, 0.6) is 0 Å². The fourth-order valence-corrected chi connectivity index (χ4v) is 3.39. The number of carbonyl (C=O) groups excluding carboxylic acids is 2. The van der Waals surface area contributed by atoms with Crippen LogP contribution >= 0.6 is 0 Å². The van der Waals surface area contributed by atoms with Crippen LogP contribution in [0.1, 0.15) is 13.3 Å². The topological polar surface area (TPSA) is 89.9 Å². The van der Waals surface area contributed by atoms with Gasteiger partial charge in [0.1, 0.15) is 0 Å². The van der Waals surface area contributed by atoms with Gasteiger partial charge in [0.05, 0.1) is 36.3 Å². The summed E-state index contributed by atoms with van der Waals surface area (Å²) in [4.78, 5) is 24.4. The molecule has 4 atom stereocenters. The Morgan fingerprint density at radius 2 is 2.26 bits per heavy atom. The summed E-state index contributed by atoms with van der Waals surface area (Å²) in [6.07, 6.45) is -0.0759. The first-order valence-electron chi connectivity index (χ1n) is 6.07. The molecule has 1 amide bonds. The maximum absolute atomic E-state index is 11.9. The van der Waals surface area contributed by atoms with Crippen LogP contribution in [-0.2, 0) is 14.3 Å². The Morgan fingerprint density at radius 1 is 1.58 bits per heavy atom. The smallest absolute Gasteiger partial charge is 0.543 e. The van der Waals surface area contributed by atoms with E-state index in [1.165, 1.54) is 4.90 Å². The Kier molecular flexibility index (Phi) is 4.57. The zero-order valence-corrected chi connectivity index (χ0v) is 14.1. The van der Waals surface area contributed by atoms with Crippen molar-refractivity contribution >= 4 is 11.9 Å². The second kappa shape index (κ2) is 5.55. The van der Waals surface area contributed by atoms with Crippen molar-refractivity contribution in [2.75, 3.05) is 13.2 Å². The molecule has 19 heavy (non-hydrogen) atoms. The largest absolute Gasteiger partial charge is 1.00 e. The van der Waals surface area contributed by atoms with Gasteiger partial charge < -0.3 is 24.6 Å². The molecule has 3 heterocycles. The third-order valence-electron chi connectivity index (χ3n) is 4.14. The van der Waals surface area contributed by atoms with Gasteiger partial charge in [-0.2, -0.15) is 0 Å². The van der Waals surface area contributed by atoms with Crippen molar-refractivity contribution in [3.8, 4) is 0 Å². The monoisotopic (exact) mass is 291 g/mol. The fourth-order valence-electron chi connectivity index (χ4n) is 3.39. The van der Waals surface area contributed by atoms with Gasteiger partial charge in [0, 0.05) is 12.5 Å². The normalized spacial score (nSPS) is 34.1. The molecule has 3 rings (SSSR count). The van der Waals surface area contributed by atoms with E-state index in [1.54, 1.807) is 6.92 Å². The molecular weight excluding hydrogens is 277 g/mol. The van der Waals surface area contributed by atoms with Gasteiger partial charge in [-0.1, -0.05) is 0 Å². The summed E-state index contributed by atoms with van der Waals surface area (Å²) in [5.74, 6) is -2.17. The van der Waals surface area contributed by atoms with Crippen LogP contribution in [0.3, 0.4) is 0 Å². The first-order valence-corrected chi connectivity index (χ1v) is 6.07. The Hall–Kier alpha value is 0.236. The molecule has 3 aliphatic rings. The van der Waals surface area contributed by atoms with E-state index in [1.807, 2.05) is 0 Å². The second-order valence-electron chi connectivity index (χ2n) is 5.07. The number of aliphatic hydroxyl groups excluding tert-OH is 1. The summed E-state index contributed by atoms with van der Waals surface area (Å²) in [5.41, 5.74) is 0.606. The molecule has 7 heteroatoms. The average molecular weight is 291 g/mol. The molecule has 2 fully saturated rings. The van der Waals surface area contributed by atoms with Crippen LogP contribution in [0, 0.1) is 11.8 Å². The first kappa shape index (κ1) is 15.6. The molecule has 98 valence electrons. The summed E-state index contributed by atoms with van der Waals surface area (Å²) < 4.78 is 5.27. The van der Waals surface area contributed by atoms with Crippen LogP contribution in [0.15, 0.2) is 11.3 Å². The van der Waals surface area contributed by atoms with E-state index in [2.05, 4.69) is 0 Å². The van der Waals surface area contributed by atoms with E-state index >= 15 is 0 Å². The van der Waals surface area contributed by atoms with Crippen LogP contribution in [0.25, 0.3) is 0 Å². The minimum Gasteiger partial charge on any atom is -0.543 e. The van der Waals surface area contributed by atoms with Gasteiger partial charge in [0.2, 0.25) is 5.91 Å². The molecule has 0 unspecified atom stereocenters. The van der Waals surface area contributed by atoms with Crippen LogP contribution in [-0.4, -0.2) is 47.2 Å². The first-order chi connectivity index (χ1) is 8.54. The summed E-state index contributed by atoms with van der Waals surface area (Å²) >= 11 is 0. The number of carboxylic acids is 1. The minimum absolute atomic E-state index is 0. The van der Waals surface area contributed by atoms with Crippen LogP contribution in [0.4, 0.5) is 0 Å². The number of carbonyl (C=O) groups is 2. The third kappa shape index (κ3) is 2.15. The molecule has 0 spiro atoms. The number of carboxylic acid groups (broad SMARTS) is 1. The predicted octanol–water partition coefficient (Wildman–Crippen LogP) is -4.75. The summed E-state index contributed by atoms with van der Waals surface area (Å²) in [6.45, 7) is 2.36. The van der Waals surface area contributed by atoms with Gasteiger partial charge >= 0.3 is 51.4 Å². The molecule has 0 aromatic rings. The molecule has 0 aromatic carbocycles. The van der Waals surface area contributed by atoms with E-state index in [4.69, 9.17) is 4.74 Å². The number of amides is 1. The number of aliphatic carboxylic acids is 1. The maximum atomic E-state index is 11.9. The van der Waals surface area contributed by atoms with Gasteiger partial charge in [-0.3, -0.25) is 4.79 Å². The van der Waals surface area contributed by atoms with Crippen molar-refractivity contribution in [2.45, 2.75) is 25.5 Å². The van der Waals surface area contributed by atoms with E-state index in [0.717, 1.165) is 0 Å². The SMILES string of the molecule is C[C@@H](O)[C@H]1C(=O)N2C(C(=O)[O-])=C3COCC[C@H]3[C@H]12.[K+]. The number of hydrogen-bond donors (Lipinski definition) is 1. The van der Waals surface area contributed by atoms with E-state index in [9.17, 15) is 19.8 Å². The number of fused-ring (bicyclic) bond motifs is 3. The molecule has 1 N–H and O–H groups in total. The van der Waals surface area contributed by atoms with Gasteiger partial charge in [0.25, 0.3) is 0 Å². The fraction of sp³-hybridized carbons (Fsp3) is 0.667. The van der Waals surface area contributed by atoms with Crippen molar-refractivity contribution in [1.29, 1.82) is 0 Å². The standard InChI is InChI=1S/C12H15NO5.K/c1-5(14)8-9-6-2-3-18-4-7(6)10(12(16)17)13(9)11(8)15;/h5-6,8-9,14H,2-4H2,1H3,(H,16,17);/q;+1/p-1/t5-,6-,8-,9-;/m1./s1. The van der Waals surface area contributed by atoms with Gasteiger partial charge in [0.15, 0.2) is 0 Å². The summed E-state index contributed by atoms with van der Waals surface area (Å²) in [7, 11) is 0. The van der Waals surface area contributed by atoms with Crippen molar-refractivity contribution in [3.63, 3.8) is 0 Å². The number of aliphatic hydroxyl groups is 1. The van der Waals surface area contributed by atoms with E-state index in [0.29, 0.717) is 18.6 Å². The molecule has 0 radical (unpaired) electrons. The van der Waals surface area contributed by atoms with Crippen LogP contribution in [0.2, 0.25) is 0 Å². The molecule has 0 aromatic heterocycles. The molecule has 2 saturated heterocycles. The Balaban J connectivity index is 0.00000133. The van der Waals surface area contributed by atoms with Gasteiger partial charge in [-0.25, -0.2) is 0 Å². The number of ether oxygens (including phenoxy) is 1. The third-order valence-corrected chi connectivity index (χ3v) is 4.14. The molecular formula is C12H14KNO5. The predicted molar refractivity (Wildman–Crippen MR) is 56.8 cm³/mol. The minimum atomic E-state index is -1.33. The van der Waals surface area contributed by atoms with E-state index in [-0.39, 0.29) is 81.6 Å². The average Bonchev–Trinajstić information content (AvgIpc) is 2.60. The van der Waals surface area contributed by atoms with Crippen molar-refractivity contribution < 1.29 is 75.9 Å². The van der Waals surface area contributed by atoms with E-state index < -0.39 is 18.0 Å². The number of hydrogen-bond acceptors (Lipinski definition) is 5. The van der Waals surface area contributed by atoms with Crippen molar-refractivity contribution in [1.82, 2.24) is 4.90 Å². The van der Waals surface area contributed by atoms with Gasteiger partial charge in [-0.15, -0.1) is 0 Å². The number of rotatable bonds is 2. The van der Waals surface area contributed by atoms with Gasteiger partial charge in [-0.05, 0) is 18.9 Å². The molecule has 6 nitrogen and oxygen atoms in total. The number of nitrogens with zero attached hydrogens (tertiary/aromatic N) is 1. The molecule has 0 saturated carbocycles. The summed E-state index contributed by atoms with van der Waals surface area (Å²) in [5, 5.41) is 20.8. The molecule has 0 bridgehead atoms. The molecule has 3 aliphatic heterocycles. The van der Waals surface area contributed by atoms with Crippen LogP contribution < -0.4 is 56.5 Å². The van der Waals surface area contributed by atoms with Crippen molar-refractivity contribution in [3.05, 3.63) is 11.3 Å². The number of β-lactam (4-membered cyclic amide) rings is 1. The Bertz CT molecular complexity index is 461. The maximum Gasteiger partial charge on any atom is 1.00 e. The quantitative estimate of drug-likeness (QED) is 0.408. The molecule has 0 aliphatic carbocycles. The Morgan fingerprint density at radius 3 is 2.84 bits per heavy atom. The second-order valence-corrected chi connectivity index (χ2v) is 5.07. The zero-order valence-electron chi connectivity index (χ0n) is 11.0. The zero-order chi connectivity index (χ0) is 13.0. The Labute approximate surface area is 153 Å². The van der Waals surface area contributed by atoms with Crippen molar-refractivity contribution in [2.24, 2.45) is 11.8 Å². The summed E-state index contributed by atoms with van der Waals surface area (Å²) in [6, 6.07) is -0.232.